The highest BCUT2D eigenvalue weighted by atomic mass is 16.5. The van der Waals surface area contributed by atoms with Crippen LogP contribution in [-0.2, 0) is 14.3 Å². The number of ether oxygens (including phenoxy) is 1. The SMILES string of the molecule is CC(C)OC(=O)CCCCCCCCCCCCCCC(=O)O. The Labute approximate surface area is 142 Å². The van der Waals surface area contributed by atoms with Gasteiger partial charge in [-0.15, -0.1) is 0 Å². The number of carbonyl (C=O) groups is 2. The zero-order valence-corrected chi connectivity index (χ0v) is 15.1. The van der Waals surface area contributed by atoms with Crippen molar-refractivity contribution in [2.45, 2.75) is 110 Å². The van der Waals surface area contributed by atoms with Crippen LogP contribution in [0.15, 0.2) is 0 Å². The molecule has 0 aromatic heterocycles. The maximum atomic E-state index is 11.3. The Kier molecular flexibility index (Phi) is 15.1. The van der Waals surface area contributed by atoms with Gasteiger partial charge < -0.3 is 9.84 Å². The fourth-order valence-electron chi connectivity index (χ4n) is 2.64. The standard InChI is InChI=1S/C19H36O4/c1-17(2)23-19(22)16-14-12-10-8-6-4-3-5-7-9-11-13-15-18(20)21/h17H,3-16H2,1-2H3,(H,20,21). The second-order valence-electron chi connectivity index (χ2n) is 6.67. The van der Waals surface area contributed by atoms with Crippen molar-refractivity contribution in [2.75, 3.05) is 0 Å². The van der Waals surface area contributed by atoms with Gasteiger partial charge in [-0.1, -0.05) is 64.2 Å². The fourth-order valence-corrected chi connectivity index (χ4v) is 2.64. The van der Waals surface area contributed by atoms with Crippen molar-refractivity contribution in [3.05, 3.63) is 0 Å². The number of hydrogen-bond acceptors (Lipinski definition) is 3. The van der Waals surface area contributed by atoms with Crippen LogP contribution in [0.2, 0.25) is 0 Å². The van der Waals surface area contributed by atoms with E-state index >= 15 is 0 Å². The second kappa shape index (κ2) is 15.8. The molecule has 4 heteroatoms. The Hall–Kier alpha value is -1.06. The highest BCUT2D eigenvalue weighted by molar-refractivity contribution is 5.69. The molecule has 0 heterocycles. The first-order valence-corrected chi connectivity index (χ1v) is 9.43. The Morgan fingerprint density at radius 1 is 0.696 bits per heavy atom. The Morgan fingerprint density at radius 2 is 1.04 bits per heavy atom. The minimum Gasteiger partial charge on any atom is -0.481 e. The van der Waals surface area contributed by atoms with Crippen molar-refractivity contribution in [3.8, 4) is 0 Å². The van der Waals surface area contributed by atoms with Crippen molar-refractivity contribution in [1.82, 2.24) is 0 Å². The molecule has 0 unspecified atom stereocenters. The molecule has 0 rings (SSSR count). The second-order valence-corrected chi connectivity index (χ2v) is 6.67. The molecule has 136 valence electrons. The van der Waals surface area contributed by atoms with Gasteiger partial charge in [-0.25, -0.2) is 0 Å². The molecule has 23 heavy (non-hydrogen) atoms. The highest BCUT2D eigenvalue weighted by Gasteiger charge is 2.04. The summed E-state index contributed by atoms with van der Waals surface area (Å²) in [4.78, 5) is 21.7. The third-order valence-electron chi connectivity index (χ3n) is 3.89. The van der Waals surface area contributed by atoms with Gasteiger partial charge in [-0.3, -0.25) is 9.59 Å². The van der Waals surface area contributed by atoms with E-state index in [9.17, 15) is 9.59 Å². The molecule has 1 N–H and O–H groups in total. The number of carboxylic acid groups (broad SMARTS) is 1. The van der Waals surface area contributed by atoms with Gasteiger partial charge in [-0.2, -0.15) is 0 Å². The Morgan fingerprint density at radius 3 is 1.39 bits per heavy atom. The molecule has 0 spiro atoms. The molecule has 0 radical (unpaired) electrons. The lowest BCUT2D eigenvalue weighted by molar-refractivity contribution is -0.147. The lowest BCUT2D eigenvalue weighted by Gasteiger charge is -2.07. The summed E-state index contributed by atoms with van der Waals surface area (Å²) in [5, 5.41) is 8.53. The van der Waals surface area contributed by atoms with E-state index in [1.165, 1.54) is 51.4 Å². The average molecular weight is 328 g/mol. The summed E-state index contributed by atoms with van der Waals surface area (Å²) in [5.41, 5.74) is 0. The van der Waals surface area contributed by atoms with Crippen LogP contribution in [0.25, 0.3) is 0 Å². The summed E-state index contributed by atoms with van der Waals surface area (Å²) < 4.78 is 5.10. The number of carbonyl (C=O) groups excluding carboxylic acids is 1. The fraction of sp³-hybridized carbons (Fsp3) is 0.895. The van der Waals surface area contributed by atoms with E-state index in [1.54, 1.807) is 0 Å². The number of hydrogen-bond donors (Lipinski definition) is 1. The lowest BCUT2D eigenvalue weighted by Crippen LogP contribution is -2.10. The zero-order valence-electron chi connectivity index (χ0n) is 15.1. The molecule has 4 nitrogen and oxygen atoms in total. The van der Waals surface area contributed by atoms with Gasteiger partial charge in [0, 0.05) is 12.8 Å². The molecule has 0 saturated heterocycles. The molecule has 0 atom stereocenters. The van der Waals surface area contributed by atoms with E-state index in [-0.39, 0.29) is 12.1 Å². The maximum Gasteiger partial charge on any atom is 0.306 e. The van der Waals surface area contributed by atoms with Crippen LogP contribution in [0.3, 0.4) is 0 Å². The van der Waals surface area contributed by atoms with Gasteiger partial charge in [0.05, 0.1) is 6.10 Å². The molecule has 0 amide bonds. The quantitative estimate of drug-likeness (QED) is 0.301. The van der Waals surface area contributed by atoms with Gasteiger partial charge in [0.2, 0.25) is 0 Å². The van der Waals surface area contributed by atoms with Crippen molar-refractivity contribution in [1.29, 1.82) is 0 Å². The first kappa shape index (κ1) is 21.9. The summed E-state index contributed by atoms with van der Waals surface area (Å²) in [6, 6.07) is 0. The van der Waals surface area contributed by atoms with E-state index in [1.807, 2.05) is 13.8 Å². The molecular weight excluding hydrogens is 292 g/mol. The monoisotopic (exact) mass is 328 g/mol. The lowest BCUT2D eigenvalue weighted by atomic mass is 10.0. The van der Waals surface area contributed by atoms with Gasteiger partial charge in [-0.05, 0) is 26.7 Å². The summed E-state index contributed by atoms with van der Waals surface area (Å²) in [6.07, 6.45) is 14.8. The van der Waals surface area contributed by atoms with Gasteiger partial charge in [0.15, 0.2) is 0 Å². The number of carboxylic acids is 1. The van der Waals surface area contributed by atoms with Crippen LogP contribution in [0.1, 0.15) is 104 Å². The van der Waals surface area contributed by atoms with Crippen LogP contribution < -0.4 is 0 Å². The zero-order chi connectivity index (χ0) is 17.3. The number of aliphatic carboxylic acids is 1. The minimum absolute atomic E-state index is 0.000306. The molecule has 0 aliphatic carbocycles. The molecule has 0 aliphatic heterocycles. The van der Waals surface area contributed by atoms with Crippen LogP contribution in [0, 0.1) is 0 Å². The molecule has 0 fully saturated rings. The van der Waals surface area contributed by atoms with Gasteiger partial charge in [0.1, 0.15) is 0 Å². The summed E-state index contributed by atoms with van der Waals surface area (Å²) in [6.45, 7) is 3.77. The average Bonchev–Trinajstić information content (AvgIpc) is 2.46. The Bertz CT molecular complexity index is 300. The molecule has 0 aliphatic rings. The van der Waals surface area contributed by atoms with E-state index < -0.39 is 5.97 Å². The third-order valence-corrected chi connectivity index (χ3v) is 3.89. The molecule has 0 aromatic carbocycles. The van der Waals surface area contributed by atoms with Crippen LogP contribution in [0.4, 0.5) is 0 Å². The van der Waals surface area contributed by atoms with Crippen molar-refractivity contribution in [3.63, 3.8) is 0 Å². The maximum absolute atomic E-state index is 11.3. The minimum atomic E-state index is -0.679. The largest absolute Gasteiger partial charge is 0.481 e. The summed E-state index contributed by atoms with van der Waals surface area (Å²) in [7, 11) is 0. The van der Waals surface area contributed by atoms with Gasteiger partial charge >= 0.3 is 11.9 Å². The summed E-state index contributed by atoms with van der Waals surface area (Å²) in [5.74, 6) is -0.745. The number of rotatable bonds is 16. The molecular formula is C19H36O4. The number of unbranched alkanes of at least 4 members (excludes halogenated alkanes) is 11. The van der Waals surface area contributed by atoms with Crippen LogP contribution in [-0.4, -0.2) is 23.1 Å². The van der Waals surface area contributed by atoms with Crippen molar-refractivity contribution < 1.29 is 19.4 Å². The molecule has 0 saturated carbocycles. The van der Waals surface area contributed by atoms with E-state index in [0.717, 1.165) is 25.7 Å². The van der Waals surface area contributed by atoms with Gasteiger partial charge in [0.25, 0.3) is 0 Å². The Balaban J connectivity index is 3.11. The van der Waals surface area contributed by atoms with Crippen molar-refractivity contribution in [2.24, 2.45) is 0 Å². The molecule has 0 bridgehead atoms. The number of esters is 1. The van der Waals surface area contributed by atoms with Crippen LogP contribution >= 0.6 is 0 Å². The smallest absolute Gasteiger partial charge is 0.306 e. The first-order valence-electron chi connectivity index (χ1n) is 9.43. The van der Waals surface area contributed by atoms with E-state index in [0.29, 0.717) is 12.8 Å². The predicted molar refractivity (Wildman–Crippen MR) is 93.5 cm³/mol. The van der Waals surface area contributed by atoms with E-state index in [4.69, 9.17) is 9.84 Å². The molecule has 0 aromatic rings. The van der Waals surface area contributed by atoms with Crippen molar-refractivity contribution >= 4 is 11.9 Å². The van der Waals surface area contributed by atoms with Crippen LogP contribution in [0.5, 0.6) is 0 Å². The topological polar surface area (TPSA) is 63.6 Å². The summed E-state index contributed by atoms with van der Waals surface area (Å²) >= 11 is 0. The first-order chi connectivity index (χ1) is 11.0. The highest BCUT2D eigenvalue weighted by Crippen LogP contribution is 2.13. The van der Waals surface area contributed by atoms with E-state index in [2.05, 4.69) is 0 Å². The predicted octanol–water partition coefficient (Wildman–Crippen LogP) is 5.48. The normalized spacial score (nSPS) is 10.9. The third kappa shape index (κ3) is 18.9.